The molecule has 2 aromatic carbocycles. The van der Waals surface area contributed by atoms with E-state index in [4.69, 9.17) is 0 Å². The van der Waals surface area contributed by atoms with E-state index in [1.807, 2.05) is 11.8 Å². The van der Waals surface area contributed by atoms with Crippen molar-refractivity contribution in [3.63, 3.8) is 0 Å². The third kappa shape index (κ3) is 3.40. The summed E-state index contributed by atoms with van der Waals surface area (Å²) in [5.74, 6) is 1.21. The summed E-state index contributed by atoms with van der Waals surface area (Å²) in [6.45, 7) is 3.74. The van der Waals surface area contributed by atoms with Crippen molar-refractivity contribution in [1.82, 2.24) is 0 Å². The predicted octanol–water partition coefficient (Wildman–Crippen LogP) is 2.42. The quantitative estimate of drug-likeness (QED) is 0.836. The van der Waals surface area contributed by atoms with Gasteiger partial charge in [-0.05, 0) is 17.7 Å². The van der Waals surface area contributed by atoms with Gasteiger partial charge in [0.1, 0.15) is 6.54 Å². The van der Waals surface area contributed by atoms with Gasteiger partial charge in [0.2, 0.25) is 0 Å². The lowest BCUT2D eigenvalue weighted by Crippen LogP contribution is -3.12. The molecule has 0 aliphatic carbocycles. The van der Waals surface area contributed by atoms with E-state index >= 15 is 0 Å². The maximum Gasteiger partial charge on any atom is 0.103 e. The van der Waals surface area contributed by atoms with Crippen LogP contribution < -0.4 is 4.90 Å². The number of thioether (sulfide) groups is 1. The SMILES string of the molecule is c1ccc(SCC[NH+]2CCc3ccccc3C2)cc1. The Kier molecular flexibility index (Phi) is 4.21. The molecule has 0 fully saturated rings. The Balaban J connectivity index is 1.50. The van der Waals surface area contributed by atoms with E-state index in [0.717, 1.165) is 0 Å². The number of benzene rings is 2. The van der Waals surface area contributed by atoms with Crippen LogP contribution in [0.25, 0.3) is 0 Å². The molecule has 0 amide bonds. The number of hydrogen-bond donors (Lipinski definition) is 1. The minimum Gasteiger partial charge on any atom is -0.330 e. The van der Waals surface area contributed by atoms with Crippen LogP contribution in [-0.2, 0) is 13.0 Å². The van der Waals surface area contributed by atoms with Gasteiger partial charge in [0.05, 0.1) is 13.1 Å². The molecule has 2 heteroatoms. The van der Waals surface area contributed by atoms with E-state index in [1.54, 1.807) is 16.0 Å². The largest absolute Gasteiger partial charge is 0.330 e. The highest BCUT2D eigenvalue weighted by molar-refractivity contribution is 7.99. The van der Waals surface area contributed by atoms with Gasteiger partial charge in [0, 0.05) is 22.6 Å². The topological polar surface area (TPSA) is 4.44 Å². The monoisotopic (exact) mass is 270 g/mol. The molecule has 1 aliphatic rings. The first-order valence-electron chi connectivity index (χ1n) is 7.00. The number of fused-ring (bicyclic) bond motifs is 1. The standard InChI is InChI=1S/C17H19NS/c1-2-8-17(9-3-1)19-13-12-18-11-10-15-6-4-5-7-16(15)14-18/h1-9H,10-14H2/p+1. The van der Waals surface area contributed by atoms with Gasteiger partial charge >= 0.3 is 0 Å². The fourth-order valence-electron chi connectivity index (χ4n) is 2.69. The Morgan fingerprint density at radius 1 is 0.895 bits per heavy atom. The van der Waals surface area contributed by atoms with Crippen molar-refractivity contribution in [3.8, 4) is 0 Å². The van der Waals surface area contributed by atoms with Crippen LogP contribution in [0.2, 0.25) is 0 Å². The van der Waals surface area contributed by atoms with E-state index in [1.165, 1.54) is 36.7 Å². The van der Waals surface area contributed by atoms with Gasteiger partial charge in [-0.2, -0.15) is 0 Å². The second-order valence-corrected chi connectivity index (χ2v) is 6.28. The lowest BCUT2D eigenvalue weighted by Gasteiger charge is -2.25. The van der Waals surface area contributed by atoms with Gasteiger partial charge in [-0.1, -0.05) is 42.5 Å². The molecular weight excluding hydrogens is 250 g/mol. The second-order valence-electron chi connectivity index (χ2n) is 5.11. The Hall–Kier alpha value is -1.25. The summed E-state index contributed by atoms with van der Waals surface area (Å²) < 4.78 is 0. The van der Waals surface area contributed by atoms with Crippen LogP contribution in [0.1, 0.15) is 11.1 Å². The Labute approximate surface area is 119 Å². The molecule has 0 radical (unpaired) electrons. The van der Waals surface area contributed by atoms with Crippen LogP contribution in [0.5, 0.6) is 0 Å². The zero-order valence-electron chi connectivity index (χ0n) is 11.1. The third-order valence-electron chi connectivity index (χ3n) is 3.77. The number of hydrogen-bond acceptors (Lipinski definition) is 1. The van der Waals surface area contributed by atoms with Crippen LogP contribution in [0, 0.1) is 0 Å². The molecule has 1 N–H and O–H groups in total. The summed E-state index contributed by atoms with van der Waals surface area (Å²) in [6, 6.07) is 19.6. The second kappa shape index (κ2) is 6.27. The molecule has 0 saturated carbocycles. The van der Waals surface area contributed by atoms with Crippen LogP contribution in [0.3, 0.4) is 0 Å². The van der Waals surface area contributed by atoms with Crippen molar-refractivity contribution in [2.24, 2.45) is 0 Å². The van der Waals surface area contributed by atoms with Crippen LogP contribution in [0.15, 0.2) is 59.5 Å². The molecule has 19 heavy (non-hydrogen) atoms. The normalized spacial score (nSPS) is 18.0. The summed E-state index contributed by atoms with van der Waals surface area (Å²) in [7, 11) is 0. The number of rotatable bonds is 4. The van der Waals surface area contributed by atoms with Crippen LogP contribution in [-0.4, -0.2) is 18.8 Å². The van der Waals surface area contributed by atoms with E-state index in [-0.39, 0.29) is 0 Å². The highest BCUT2D eigenvalue weighted by Crippen LogP contribution is 2.16. The van der Waals surface area contributed by atoms with Crippen LogP contribution >= 0.6 is 11.8 Å². The van der Waals surface area contributed by atoms with E-state index in [0.29, 0.717) is 0 Å². The van der Waals surface area contributed by atoms with Crippen molar-refractivity contribution >= 4 is 11.8 Å². The van der Waals surface area contributed by atoms with Crippen molar-refractivity contribution < 1.29 is 4.90 Å². The number of quaternary nitrogens is 1. The molecule has 3 rings (SSSR count). The van der Waals surface area contributed by atoms with Gasteiger partial charge in [-0.3, -0.25) is 0 Å². The summed E-state index contributed by atoms with van der Waals surface area (Å²) in [5.41, 5.74) is 3.11. The van der Waals surface area contributed by atoms with Gasteiger partial charge in [0.15, 0.2) is 0 Å². The lowest BCUT2D eigenvalue weighted by atomic mass is 10.0. The maximum atomic E-state index is 2.29. The maximum absolute atomic E-state index is 2.29. The van der Waals surface area contributed by atoms with Gasteiger partial charge in [0.25, 0.3) is 0 Å². The first kappa shape index (κ1) is 12.8. The predicted molar refractivity (Wildman–Crippen MR) is 81.7 cm³/mol. The Morgan fingerprint density at radius 2 is 1.63 bits per heavy atom. The van der Waals surface area contributed by atoms with Crippen LogP contribution in [0.4, 0.5) is 0 Å². The van der Waals surface area contributed by atoms with Crippen molar-refractivity contribution in [3.05, 3.63) is 65.7 Å². The molecular formula is C17H20NS+. The average molecular weight is 270 g/mol. The van der Waals surface area contributed by atoms with Gasteiger partial charge in [-0.25, -0.2) is 0 Å². The van der Waals surface area contributed by atoms with Crippen molar-refractivity contribution in [1.29, 1.82) is 0 Å². The zero-order chi connectivity index (χ0) is 12.9. The lowest BCUT2D eigenvalue weighted by molar-refractivity contribution is -0.913. The summed E-state index contributed by atoms with van der Waals surface area (Å²) in [6.07, 6.45) is 1.24. The highest BCUT2D eigenvalue weighted by atomic mass is 32.2. The molecule has 1 atom stereocenters. The molecule has 1 aliphatic heterocycles. The summed E-state index contributed by atoms with van der Waals surface area (Å²) >= 11 is 1.97. The number of nitrogens with one attached hydrogen (secondary N) is 1. The molecule has 1 unspecified atom stereocenters. The summed E-state index contributed by atoms with van der Waals surface area (Å²) in [5, 5.41) is 0. The van der Waals surface area contributed by atoms with Gasteiger partial charge < -0.3 is 4.90 Å². The third-order valence-corrected chi connectivity index (χ3v) is 4.79. The van der Waals surface area contributed by atoms with E-state index < -0.39 is 0 Å². The highest BCUT2D eigenvalue weighted by Gasteiger charge is 2.18. The summed E-state index contributed by atoms with van der Waals surface area (Å²) in [4.78, 5) is 3.11. The van der Waals surface area contributed by atoms with Gasteiger partial charge in [-0.15, -0.1) is 11.8 Å². The molecule has 1 heterocycles. The molecule has 98 valence electrons. The van der Waals surface area contributed by atoms with Crippen molar-refractivity contribution in [2.75, 3.05) is 18.8 Å². The minimum atomic E-state index is 1.20. The molecule has 0 saturated heterocycles. The Morgan fingerprint density at radius 3 is 2.47 bits per heavy atom. The molecule has 1 nitrogen and oxygen atoms in total. The van der Waals surface area contributed by atoms with E-state index in [2.05, 4.69) is 54.6 Å². The first-order valence-corrected chi connectivity index (χ1v) is 7.98. The molecule has 2 aromatic rings. The van der Waals surface area contributed by atoms with E-state index in [9.17, 15) is 0 Å². The smallest absolute Gasteiger partial charge is 0.103 e. The molecule has 0 bridgehead atoms. The Bertz CT molecular complexity index is 524. The fourth-order valence-corrected chi connectivity index (χ4v) is 3.66. The average Bonchev–Trinajstić information content (AvgIpc) is 2.48. The van der Waals surface area contributed by atoms with Crippen molar-refractivity contribution in [2.45, 2.75) is 17.9 Å². The molecule has 0 aromatic heterocycles. The minimum absolute atomic E-state index is 1.20. The zero-order valence-corrected chi connectivity index (χ0v) is 12.0. The first-order chi connectivity index (χ1) is 9.42. The fraction of sp³-hybridized carbons (Fsp3) is 0.294. The molecule has 0 spiro atoms.